The molecular weight excluding hydrogens is 431 g/mol. The van der Waals surface area contributed by atoms with Gasteiger partial charge in [0.15, 0.2) is 4.96 Å². The molecule has 2 aromatic heterocycles. The van der Waals surface area contributed by atoms with Gasteiger partial charge in [-0.05, 0) is 11.6 Å². The molecule has 11 heteroatoms. The Morgan fingerprint density at radius 2 is 2.13 bits per heavy atom. The molecule has 1 aliphatic heterocycles. The van der Waals surface area contributed by atoms with Crippen LogP contribution in [0.25, 0.3) is 4.96 Å². The molecule has 1 aliphatic rings. The number of rotatable bonds is 6. The number of carbonyl (C=O) groups excluding carboxylic acids is 2. The number of carbonyl (C=O) groups is 2. The van der Waals surface area contributed by atoms with Gasteiger partial charge >= 0.3 is 6.18 Å². The van der Waals surface area contributed by atoms with E-state index in [0.717, 1.165) is 11.0 Å². The van der Waals surface area contributed by atoms with Crippen LogP contribution in [0.4, 0.5) is 13.2 Å². The molecule has 1 saturated heterocycles. The second-order valence-corrected chi connectivity index (χ2v) is 8.11. The average Bonchev–Trinajstić information content (AvgIpc) is 3.30. The lowest BCUT2D eigenvalue weighted by Crippen LogP contribution is -2.56. The van der Waals surface area contributed by atoms with Crippen LogP contribution >= 0.6 is 11.3 Å². The van der Waals surface area contributed by atoms with E-state index in [1.54, 1.807) is 11.1 Å². The molecule has 0 aliphatic carbocycles. The van der Waals surface area contributed by atoms with Crippen LogP contribution in [0.1, 0.15) is 23.2 Å². The summed E-state index contributed by atoms with van der Waals surface area (Å²) in [5.74, 6) is -0.735. The highest BCUT2D eigenvalue weighted by molar-refractivity contribution is 7.15. The molecule has 0 spiro atoms. The molecule has 0 radical (unpaired) electrons. The lowest BCUT2D eigenvalue weighted by molar-refractivity contribution is -0.139. The van der Waals surface area contributed by atoms with E-state index in [4.69, 9.17) is 0 Å². The summed E-state index contributed by atoms with van der Waals surface area (Å²) >= 11 is 1.47. The largest absolute Gasteiger partial charge is 0.416 e. The summed E-state index contributed by atoms with van der Waals surface area (Å²) in [5, 5.41) is 7.33. The Labute approximate surface area is 179 Å². The topological polar surface area (TPSA) is 78.7 Å². The molecule has 3 heterocycles. The van der Waals surface area contributed by atoms with Crippen molar-refractivity contribution in [2.45, 2.75) is 31.7 Å². The highest BCUT2D eigenvalue weighted by atomic mass is 32.1. The number of fused-ring (bicyclic) bond motifs is 1. The number of nitrogens with one attached hydrogen (secondary N) is 2. The maximum absolute atomic E-state index is 13.3. The van der Waals surface area contributed by atoms with Gasteiger partial charge in [0.05, 0.1) is 30.3 Å². The first-order valence-corrected chi connectivity index (χ1v) is 10.5. The minimum Gasteiger partial charge on any atom is -0.353 e. The van der Waals surface area contributed by atoms with Gasteiger partial charge in [-0.25, -0.2) is 4.98 Å². The standard InChI is InChI=1S/C20H20F3N5O2S/c21-20(22,23)15-4-2-1-3-13(15)11-27-6-5-24-18(30)16(27)9-17(29)25-10-14-12-28-7-8-31-19(28)26-14/h1-4,7-8,12,16H,5-6,9-11H2,(H,24,30)(H,25,29)/t16-/m0/s1. The lowest BCUT2D eigenvalue weighted by Gasteiger charge is -2.35. The second-order valence-electron chi connectivity index (χ2n) is 7.24. The number of aromatic nitrogens is 2. The first-order valence-electron chi connectivity index (χ1n) is 9.66. The average molecular weight is 451 g/mol. The molecule has 3 aromatic rings. The summed E-state index contributed by atoms with van der Waals surface area (Å²) in [5.41, 5.74) is 0.0291. The van der Waals surface area contributed by atoms with Gasteiger partial charge < -0.3 is 10.6 Å². The summed E-state index contributed by atoms with van der Waals surface area (Å²) in [7, 11) is 0. The number of benzene rings is 1. The van der Waals surface area contributed by atoms with Crippen LogP contribution in [0.2, 0.25) is 0 Å². The van der Waals surface area contributed by atoms with E-state index in [-0.39, 0.29) is 36.9 Å². The fraction of sp³-hybridized carbons (Fsp3) is 0.350. The molecule has 164 valence electrons. The fourth-order valence-corrected chi connectivity index (χ4v) is 4.34. The van der Waals surface area contributed by atoms with Gasteiger partial charge in [-0.3, -0.25) is 18.9 Å². The molecule has 0 bridgehead atoms. The Balaban J connectivity index is 1.42. The number of hydrogen-bond acceptors (Lipinski definition) is 5. The highest BCUT2D eigenvalue weighted by Gasteiger charge is 2.36. The van der Waals surface area contributed by atoms with Crippen molar-refractivity contribution < 1.29 is 22.8 Å². The SMILES string of the molecule is O=C(C[C@H]1C(=O)NCCN1Cc1ccccc1C(F)(F)F)NCc1cn2ccsc2n1. The van der Waals surface area contributed by atoms with Gasteiger partial charge in [0.25, 0.3) is 0 Å². The first-order chi connectivity index (χ1) is 14.8. The van der Waals surface area contributed by atoms with E-state index in [0.29, 0.717) is 18.8 Å². The van der Waals surface area contributed by atoms with E-state index in [1.165, 1.54) is 29.5 Å². The fourth-order valence-electron chi connectivity index (χ4n) is 3.62. The number of amides is 2. The molecule has 7 nitrogen and oxygen atoms in total. The van der Waals surface area contributed by atoms with Crippen LogP contribution in [-0.4, -0.2) is 45.2 Å². The zero-order valence-electron chi connectivity index (χ0n) is 16.4. The minimum absolute atomic E-state index is 0.0711. The van der Waals surface area contributed by atoms with Gasteiger partial charge in [-0.15, -0.1) is 11.3 Å². The molecule has 1 fully saturated rings. The third-order valence-corrected chi connectivity index (χ3v) is 5.90. The van der Waals surface area contributed by atoms with Gasteiger partial charge in [-0.2, -0.15) is 13.2 Å². The first kappa shape index (κ1) is 21.3. The zero-order valence-corrected chi connectivity index (χ0v) is 17.2. The molecule has 0 unspecified atom stereocenters. The highest BCUT2D eigenvalue weighted by Crippen LogP contribution is 2.32. The normalized spacial score (nSPS) is 17.6. The van der Waals surface area contributed by atoms with Gasteiger partial charge in [0.1, 0.15) is 0 Å². The molecule has 31 heavy (non-hydrogen) atoms. The maximum atomic E-state index is 13.3. The van der Waals surface area contributed by atoms with Gasteiger partial charge in [0, 0.05) is 37.4 Å². The van der Waals surface area contributed by atoms with Gasteiger partial charge in [-0.1, -0.05) is 18.2 Å². The summed E-state index contributed by atoms with van der Waals surface area (Å²) in [6, 6.07) is 4.44. The number of piperazine rings is 1. The number of nitrogens with zero attached hydrogens (tertiary/aromatic N) is 3. The third kappa shape index (κ3) is 4.88. The lowest BCUT2D eigenvalue weighted by atomic mass is 10.0. The number of halogens is 3. The van der Waals surface area contributed by atoms with Crippen molar-refractivity contribution in [2.24, 2.45) is 0 Å². The van der Waals surface area contributed by atoms with Crippen molar-refractivity contribution in [3.8, 4) is 0 Å². The number of alkyl halides is 3. The molecule has 2 amide bonds. The van der Waals surface area contributed by atoms with Crippen molar-refractivity contribution in [3.05, 3.63) is 58.9 Å². The Hall–Kier alpha value is -2.92. The molecule has 2 N–H and O–H groups in total. The quantitative estimate of drug-likeness (QED) is 0.604. The van der Waals surface area contributed by atoms with Crippen LogP contribution in [0, 0.1) is 0 Å². The van der Waals surface area contributed by atoms with Crippen LogP contribution in [-0.2, 0) is 28.9 Å². The molecule has 1 aromatic carbocycles. The number of hydrogen-bond donors (Lipinski definition) is 2. The van der Waals surface area contributed by atoms with Crippen LogP contribution < -0.4 is 10.6 Å². The monoisotopic (exact) mass is 451 g/mol. The molecule has 1 atom stereocenters. The summed E-state index contributed by atoms with van der Waals surface area (Å²) in [6.07, 6.45) is -0.969. The predicted octanol–water partition coefficient (Wildman–Crippen LogP) is 2.42. The van der Waals surface area contributed by atoms with E-state index < -0.39 is 17.8 Å². The van der Waals surface area contributed by atoms with Gasteiger partial charge in [0.2, 0.25) is 11.8 Å². The van der Waals surface area contributed by atoms with E-state index in [1.807, 2.05) is 16.0 Å². The van der Waals surface area contributed by atoms with Crippen molar-refractivity contribution in [2.75, 3.05) is 13.1 Å². The summed E-state index contributed by atoms with van der Waals surface area (Å²) in [6.45, 7) is 0.806. The van der Waals surface area contributed by atoms with Crippen molar-refractivity contribution >= 4 is 28.1 Å². The van der Waals surface area contributed by atoms with Crippen molar-refractivity contribution in [1.29, 1.82) is 0 Å². The van der Waals surface area contributed by atoms with Crippen LogP contribution in [0.15, 0.2) is 42.0 Å². The summed E-state index contributed by atoms with van der Waals surface area (Å²) < 4.78 is 41.8. The van der Waals surface area contributed by atoms with E-state index >= 15 is 0 Å². The van der Waals surface area contributed by atoms with Crippen LogP contribution in [0.3, 0.4) is 0 Å². The smallest absolute Gasteiger partial charge is 0.353 e. The Kier molecular flexibility index (Phi) is 5.96. The molecule has 4 rings (SSSR count). The molecule has 0 saturated carbocycles. The summed E-state index contributed by atoms with van der Waals surface area (Å²) in [4.78, 5) is 31.7. The minimum atomic E-state index is -4.49. The third-order valence-electron chi connectivity index (χ3n) is 5.13. The van der Waals surface area contributed by atoms with E-state index in [2.05, 4.69) is 15.6 Å². The Morgan fingerprint density at radius 1 is 1.32 bits per heavy atom. The zero-order chi connectivity index (χ0) is 22.0. The van der Waals surface area contributed by atoms with Crippen molar-refractivity contribution in [1.82, 2.24) is 24.9 Å². The molecular formula is C20H20F3N5O2S. The van der Waals surface area contributed by atoms with Crippen molar-refractivity contribution in [3.63, 3.8) is 0 Å². The maximum Gasteiger partial charge on any atom is 0.416 e. The Bertz CT molecular complexity index is 1070. The second kappa shape index (κ2) is 8.67. The van der Waals surface area contributed by atoms with Crippen LogP contribution in [0.5, 0.6) is 0 Å². The predicted molar refractivity (Wildman–Crippen MR) is 108 cm³/mol. The van der Waals surface area contributed by atoms with E-state index in [9.17, 15) is 22.8 Å². The number of imidazole rings is 1. The Morgan fingerprint density at radius 3 is 2.90 bits per heavy atom. The number of thiazole rings is 1.